The number of aliphatic carboxylic acids is 1. The minimum absolute atomic E-state index is 0.00571. The van der Waals surface area contributed by atoms with Gasteiger partial charge in [-0.05, 0) is 19.3 Å². The van der Waals surface area contributed by atoms with E-state index < -0.39 is 91.0 Å². The van der Waals surface area contributed by atoms with Crippen molar-refractivity contribution in [3.05, 3.63) is 12.4 Å². The van der Waals surface area contributed by atoms with Crippen LogP contribution < -0.4 is 10.6 Å². The van der Waals surface area contributed by atoms with E-state index in [1.165, 1.54) is 0 Å². The van der Waals surface area contributed by atoms with E-state index in [2.05, 4.69) is 20.9 Å². The van der Waals surface area contributed by atoms with Crippen LogP contribution in [0.3, 0.4) is 0 Å². The number of aromatic nitrogens is 3. The molecule has 0 saturated carbocycles. The zero-order valence-corrected chi connectivity index (χ0v) is 27.3. The Labute approximate surface area is 280 Å². The number of nitrogens with one attached hydrogen (secondary N) is 2. The fourth-order valence-corrected chi connectivity index (χ4v) is 6.66. The molecule has 2 aliphatic rings. The average molecular weight is 710 g/mol. The number of hydrogen-bond donors (Lipinski definition) is 10. The van der Waals surface area contributed by atoms with Gasteiger partial charge in [0.15, 0.2) is 6.29 Å². The molecule has 2 saturated heterocycles. The van der Waals surface area contributed by atoms with Crippen LogP contribution in [0, 0.1) is 0 Å². The van der Waals surface area contributed by atoms with Crippen molar-refractivity contribution in [1.82, 2.24) is 25.6 Å². The number of aliphatic hydroxyl groups excluding tert-OH is 7. The van der Waals surface area contributed by atoms with E-state index in [0.717, 1.165) is 26.3 Å². The monoisotopic (exact) mass is 709 g/mol. The minimum atomic E-state index is -2.30. The Hall–Kier alpha value is -2.50. The second-order valence-corrected chi connectivity index (χ2v) is 13.0. The van der Waals surface area contributed by atoms with Gasteiger partial charge >= 0.3 is 5.97 Å². The third-order valence-corrected chi connectivity index (χ3v) is 9.42. The highest BCUT2D eigenvalue weighted by Gasteiger charge is 2.56. The highest BCUT2D eigenvalue weighted by molar-refractivity contribution is 8.01. The summed E-state index contributed by atoms with van der Waals surface area (Å²) < 4.78 is 18.7. The maximum atomic E-state index is 12.5. The van der Waals surface area contributed by atoms with E-state index in [4.69, 9.17) is 14.2 Å². The van der Waals surface area contributed by atoms with Crippen molar-refractivity contribution < 1.29 is 69.4 Å². The first-order valence-corrected chi connectivity index (χ1v) is 16.7. The highest BCUT2D eigenvalue weighted by atomic mass is 32.2. The second-order valence-electron chi connectivity index (χ2n) is 11.8. The molecule has 0 aliphatic carbocycles. The summed E-state index contributed by atoms with van der Waals surface area (Å²) in [5.74, 6) is -2.75. The first-order chi connectivity index (χ1) is 22.8. The molecule has 1 aromatic rings. The normalized spacial score (nSPS) is 31.9. The predicted octanol–water partition coefficient (Wildman–Crippen LogP) is -3.95. The zero-order valence-electron chi connectivity index (χ0n) is 26.5. The molecule has 0 spiro atoms. The van der Waals surface area contributed by atoms with Crippen LogP contribution in [0.1, 0.15) is 45.4 Å². The van der Waals surface area contributed by atoms with Crippen LogP contribution in [0.5, 0.6) is 0 Å². The quantitative estimate of drug-likeness (QED) is 0.0613. The van der Waals surface area contributed by atoms with Crippen LogP contribution in [0.2, 0.25) is 0 Å². The number of aliphatic hydroxyl groups is 7. The van der Waals surface area contributed by atoms with Gasteiger partial charge in [-0.2, -0.15) is 0 Å². The maximum Gasteiger partial charge on any atom is 0.346 e. The fraction of sp³-hybridized carbons (Fsp3) is 0.821. The molecule has 48 heavy (non-hydrogen) atoms. The largest absolute Gasteiger partial charge is 0.478 e. The molecule has 0 aromatic carbocycles. The Bertz CT molecular complexity index is 1150. The van der Waals surface area contributed by atoms with E-state index in [-0.39, 0.29) is 24.8 Å². The van der Waals surface area contributed by atoms with E-state index in [0.29, 0.717) is 31.0 Å². The summed E-state index contributed by atoms with van der Waals surface area (Å²) in [6.07, 6.45) is -8.99. The average Bonchev–Trinajstić information content (AvgIpc) is 3.57. The lowest BCUT2D eigenvalue weighted by Gasteiger charge is -2.47. The summed E-state index contributed by atoms with van der Waals surface area (Å²) in [5, 5.41) is 95.1. The van der Waals surface area contributed by atoms with E-state index >= 15 is 0 Å². The Balaban J connectivity index is 1.51. The van der Waals surface area contributed by atoms with Gasteiger partial charge in [-0.15, -0.1) is 16.9 Å². The zero-order chi connectivity index (χ0) is 35.4. The lowest BCUT2D eigenvalue weighted by atomic mass is 9.90. The number of carbonyl (C=O) groups excluding carboxylic acids is 2. The number of ether oxygens (including phenoxy) is 3. The van der Waals surface area contributed by atoms with Crippen LogP contribution in [0.25, 0.3) is 0 Å². The van der Waals surface area contributed by atoms with Crippen molar-refractivity contribution in [2.75, 3.05) is 25.5 Å². The third kappa shape index (κ3) is 11.0. The van der Waals surface area contributed by atoms with Gasteiger partial charge in [-0.3, -0.25) is 14.3 Å². The Morgan fingerprint density at radius 2 is 1.85 bits per heavy atom. The molecule has 19 nitrogen and oxygen atoms in total. The number of unbranched alkanes of at least 4 members (excludes halogenated alkanes) is 2. The molecule has 7 unspecified atom stereocenters. The maximum absolute atomic E-state index is 12.5. The van der Waals surface area contributed by atoms with Gasteiger partial charge < -0.3 is 65.7 Å². The molecule has 20 heteroatoms. The van der Waals surface area contributed by atoms with Gasteiger partial charge in [0.05, 0.1) is 37.7 Å². The first-order valence-electron chi connectivity index (χ1n) is 15.7. The van der Waals surface area contributed by atoms with E-state index in [9.17, 15) is 55.2 Å². The number of thioether (sulfide) groups is 1. The minimum Gasteiger partial charge on any atom is -0.478 e. The number of aryl methyl sites for hydroxylation is 1. The molecule has 2 fully saturated rings. The molecule has 11 atom stereocenters. The summed E-state index contributed by atoms with van der Waals surface area (Å²) in [6.45, 7) is 1.17. The summed E-state index contributed by atoms with van der Waals surface area (Å²) in [6, 6.07) is -1.35. The van der Waals surface area contributed by atoms with Gasteiger partial charge in [-0.25, -0.2) is 4.79 Å². The van der Waals surface area contributed by atoms with Gasteiger partial charge in [-0.1, -0.05) is 11.6 Å². The molecule has 2 aliphatic heterocycles. The topological polar surface area (TPSA) is 296 Å². The summed E-state index contributed by atoms with van der Waals surface area (Å²) >= 11 is 0.540. The number of nitrogens with zero attached hydrogens (tertiary/aromatic N) is 3. The van der Waals surface area contributed by atoms with Gasteiger partial charge in [0.25, 0.3) is 0 Å². The van der Waals surface area contributed by atoms with Gasteiger partial charge in [0, 0.05) is 44.8 Å². The number of amides is 2. The molecular weight excluding hydrogens is 662 g/mol. The van der Waals surface area contributed by atoms with E-state index in [1.54, 1.807) is 17.1 Å². The molecule has 10 N–H and O–H groups in total. The standard InChI is InChI=1S/C28H47N5O14S/c1-15(35)31-20-16(36)12-28(27(43)44,47-25(20)21(39)17(37)13-34)48-14-18-22(40)23(41)24(42)26(46-18)45-11-5-7-29-19(38)6-3-2-4-9-33-10-8-30-32-33/h8,10,16-18,20-26,34,36-37,39-42H,2-7,9,11-14H2,1H3,(H,29,38)(H,31,35)(H,43,44)/t16-,17-,18?,20?,21-,22?,23?,24?,25?,26?,28+/m1/s1. The predicted molar refractivity (Wildman–Crippen MR) is 164 cm³/mol. The smallest absolute Gasteiger partial charge is 0.346 e. The number of carbonyl (C=O) groups is 3. The Morgan fingerprint density at radius 1 is 1.10 bits per heavy atom. The second kappa shape index (κ2) is 19.0. The Kier molecular flexibility index (Phi) is 15.8. The lowest BCUT2D eigenvalue weighted by Crippen LogP contribution is -2.66. The molecule has 3 rings (SSSR count). The van der Waals surface area contributed by atoms with Crippen molar-refractivity contribution in [2.24, 2.45) is 0 Å². The van der Waals surface area contributed by atoms with Crippen LogP contribution in [0.15, 0.2) is 12.4 Å². The SMILES string of the molecule is CC(=O)NC1C([C@H](O)[C@H](O)CO)O[C@@](SCC2OC(OCCCNC(=O)CCCCCn3ccnn3)C(O)C(O)C2O)(C(=O)O)C[C@H]1O. The van der Waals surface area contributed by atoms with Crippen LogP contribution in [0.4, 0.5) is 0 Å². The summed E-state index contributed by atoms with van der Waals surface area (Å²) in [5.41, 5.74) is 0. The van der Waals surface area contributed by atoms with Crippen LogP contribution in [-0.4, -0.2) is 165 Å². The van der Waals surface area contributed by atoms with E-state index in [1.807, 2.05) is 0 Å². The van der Waals surface area contributed by atoms with Gasteiger partial charge in [0.1, 0.15) is 36.6 Å². The Morgan fingerprint density at radius 3 is 2.50 bits per heavy atom. The number of carboxylic acid groups (broad SMARTS) is 1. The molecule has 274 valence electrons. The summed E-state index contributed by atoms with van der Waals surface area (Å²) in [4.78, 5) is 34.0. The van der Waals surface area contributed by atoms with Crippen molar-refractivity contribution in [3.63, 3.8) is 0 Å². The molecule has 1 aromatic heterocycles. The molecule has 0 bridgehead atoms. The number of hydrogen-bond acceptors (Lipinski definition) is 16. The van der Waals surface area contributed by atoms with Crippen LogP contribution in [-0.2, 0) is 35.1 Å². The van der Waals surface area contributed by atoms with Crippen LogP contribution >= 0.6 is 11.8 Å². The number of rotatable bonds is 19. The lowest BCUT2D eigenvalue weighted by molar-refractivity contribution is -0.292. The number of carboxylic acids is 1. The van der Waals surface area contributed by atoms with Crippen molar-refractivity contribution in [3.8, 4) is 0 Å². The highest BCUT2D eigenvalue weighted by Crippen LogP contribution is 2.42. The van der Waals surface area contributed by atoms with Crippen molar-refractivity contribution >= 4 is 29.5 Å². The fourth-order valence-electron chi connectivity index (χ4n) is 5.36. The molecule has 0 radical (unpaired) electrons. The third-order valence-electron chi connectivity index (χ3n) is 8.02. The molecular formula is C28H47N5O14S. The first kappa shape index (κ1) is 39.9. The molecule has 3 heterocycles. The van der Waals surface area contributed by atoms with Gasteiger partial charge in [0.2, 0.25) is 16.7 Å². The molecule has 2 amide bonds. The van der Waals surface area contributed by atoms with Crippen molar-refractivity contribution in [2.45, 2.75) is 118 Å². The van der Waals surface area contributed by atoms with Crippen molar-refractivity contribution in [1.29, 1.82) is 0 Å². The summed E-state index contributed by atoms with van der Waals surface area (Å²) in [7, 11) is 0.